The predicted molar refractivity (Wildman–Crippen MR) is 65.3 cm³/mol. The first-order valence-electron chi connectivity index (χ1n) is 4.98. The van der Waals surface area contributed by atoms with E-state index in [2.05, 4.69) is 11.7 Å². The molecule has 1 N–H and O–H groups in total. The summed E-state index contributed by atoms with van der Waals surface area (Å²) >= 11 is 6.08. The van der Waals surface area contributed by atoms with Crippen molar-refractivity contribution in [3.05, 3.63) is 53.2 Å². The fourth-order valence-electron chi connectivity index (χ4n) is 1.44. The topological polar surface area (TPSA) is 47.3 Å². The minimum Gasteiger partial charge on any atom is -0.472 e. The van der Waals surface area contributed by atoms with E-state index in [4.69, 9.17) is 21.5 Å². The third-order valence-electron chi connectivity index (χ3n) is 2.29. The van der Waals surface area contributed by atoms with Gasteiger partial charge >= 0.3 is 0 Å². The van der Waals surface area contributed by atoms with E-state index in [9.17, 15) is 0 Å². The van der Waals surface area contributed by atoms with Crippen LogP contribution in [0.4, 0.5) is 0 Å². The van der Waals surface area contributed by atoms with E-state index in [1.54, 1.807) is 18.2 Å². The van der Waals surface area contributed by atoms with Crippen molar-refractivity contribution in [1.82, 2.24) is 9.94 Å². The van der Waals surface area contributed by atoms with Crippen LogP contribution in [0.5, 0.6) is 5.88 Å². The van der Waals surface area contributed by atoms with Gasteiger partial charge in [-0.3, -0.25) is 0 Å². The van der Waals surface area contributed by atoms with E-state index in [1.165, 1.54) is 6.20 Å². The first-order chi connectivity index (χ1) is 8.20. The van der Waals surface area contributed by atoms with Gasteiger partial charge < -0.3 is 9.94 Å². The molecule has 0 aliphatic carbocycles. The van der Waals surface area contributed by atoms with Crippen molar-refractivity contribution in [3.63, 3.8) is 0 Å². The van der Waals surface area contributed by atoms with Gasteiger partial charge in [-0.05, 0) is 11.6 Å². The zero-order chi connectivity index (χ0) is 12.3. The highest BCUT2D eigenvalue weighted by Gasteiger charge is 2.06. The van der Waals surface area contributed by atoms with Gasteiger partial charge in [0.2, 0.25) is 5.88 Å². The molecule has 0 unspecified atom stereocenters. The second kappa shape index (κ2) is 4.93. The summed E-state index contributed by atoms with van der Waals surface area (Å²) in [7, 11) is 0. The maximum Gasteiger partial charge on any atom is 0.236 e. The molecule has 0 saturated heterocycles. The van der Waals surface area contributed by atoms with Gasteiger partial charge in [0.15, 0.2) is 0 Å². The Balaban J connectivity index is 2.16. The summed E-state index contributed by atoms with van der Waals surface area (Å²) in [5.41, 5.74) is 1.76. The molecule has 5 heteroatoms. The predicted octanol–water partition coefficient (Wildman–Crippen LogP) is 3.00. The van der Waals surface area contributed by atoms with Gasteiger partial charge in [-0.1, -0.05) is 41.5 Å². The molecule has 1 heterocycles. The number of aromatic nitrogens is 2. The average Bonchev–Trinajstić information content (AvgIpc) is 2.73. The van der Waals surface area contributed by atoms with E-state index < -0.39 is 0 Å². The van der Waals surface area contributed by atoms with Crippen molar-refractivity contribution in [2.75, 3.05) is 0 Å². The van der Waals surface area contributed by atoms with E-state index in [0.29, 0.717) is 15.7 Å². The first-order valence-corrected chi connectivity index (χ1v) is 5.36. The van der Waals surface area contributed by atoms with Crippen LogP contribution in [-0.4, -0.2) is 15.2 Å². The lowest BCUT2D eigenvalue weighted by Crippen LogP contribution is -2.00. The number of hydrogen-bond acceptors (Lipinski definition) is 3. The van der Waals surface area contributed by atoms with Crippen molar-refractivity contribution in [2.45, 2.75) is 6.61 Å². The molecule has 1 aromatic carbocycles. The highest BCUT2D eigenvalue weighted by Crippen LogP contribution is 2.22. The van der Waals surface area contributed by atoms with Crippen LogP contribution in [0.3, 0.4) is 0 Å². The van der Waals surface area contributed by atoms with Crippen LogP contribution >= 0.6 is 11.6 Å². The Morgan fingerprint density at radius 2 is 2.29 bits per heavy atom. The summed E-state index contributed by atoms with van der Waals surface area (Å²) in [5, 5.41) is 13.3. The molecule has 0 amide bonds. The van der Waals surface area contributed by atoms with Crippen molar-refractivity contribution < 1.29 is 9.94 Å². The molecule has 1 aromatic heterocycles. The monoisotopic (exact) mass is 250 g/mol. The Bertz CT molecular complexity index is 537. The second-order valence-corrected chi connectivity index (χ2v) is 3.78. The van der Waals surface area contributed by atoms with Crippen molar-refractivity contribution in [3.8, 4) is 5.88 Å². The molecule has 0 fully saturated rings. The van der Waals surface area contributed by atoms with Crippen molar-refractivity contribution in [2.24, 2.45) is 0 Å². The minimum absolute atomic E-state index is 0.276. The molecule has 0 radical (unpaired) electrons. The minimum atomic E-state index is 0.276. The quantitative estimate of drug-likeness (QED) is 0.849. The largest absolute Gasteiger partial charge is 0.472 e. The van der Waals surface area contributed by atoms with Crippen LogP contribution in [0.2, 0.25) is 5.02 Å². The SMILES string of the molecule is C=Cc1cccc(Cl)c1COc1ccn(O)n1. The van der Waals surface area contributed by atoms with Gasteiger partial charge in [0.25, 0.3) is 0 Å². The van der Waals surface area contributed by atoms with E-state index in [1.807, 2.05) is 12.1 Å². The van der Waals surface area contributed by atoms with E-state index in [0.717, 1.165) is 11.1 Å². The zero-order valence-corrected chi connectivity index (χ0v) is 9.76. The maximum absolute atomic E-state index is 8.99. The molecule has 0 bridgehead atoms. The fraction of sp³-hybridized carbons (Fsp3) is 0.0833. The Morgan fingerprint density at radius 1 is 1.47 bits per heavy atom. The summed E-state index contributed by atoms with van der Waals surface area (Å²) in [6, 6.07) is 7.11. The standard InChI is InChI=1S/C12H11ClN2O2/c1-2-9-4-3-5-11(13)10(9)8-17-12-6-7-15(16)14-12/h2-7,16H,1,8H2. The fourth-order valence-corrected chi connectivity index (χ4v) is 1.68. The number of hydrogen-bond donors (Lipinski definition) is 1. The van der Waals surface area contributed by atoms with Crippen LogP contribution in [-0.2, 0) is 6.61 Å². The number of nitrogens with zero attached hydrogens (tertiary/aromatic N) is 2. The normalized spacial score (nSPS) is 10.2. The summed E-state index contributed by atoms with van der Waals surface area (Å²) < 4.78 is 5.41. The molecule has 4 nitrogen and oxygen atoms in total. The van der Waals surface area contributed by atoms with Gasteiger partial charge in [-0.15, -0.1) is 4.85 Å². The molecule has 0 aliphatic rings. The van der Waals surface area contributed by atoms with Crippen LogP contribution < -0.4 is 4.74 Å². The van der Waals surface area contributed by atoms with Gasteiger partial charge in [-0.25, -0.2) is 0 Å². The lowest BCUT2D eigenvalue weighted by molar-refractivity contribution is 0.141. The third kappa shape index (κ3) is 2.60. The van der Waals surface area contributed by atoms with Crippen LogP contribution in [0.15, 0.2) is 37.0 Å². The van der Waals surface area contributed by atoms with Crippen LogP contribution in [0, 0.1) is 0 Å². The van der Waals surface area contributed by atoms with Crippen molar-refractivity contribution >= 4 is 17.7 Å². The van der Waals surface area contributed by atoms with E-state index >= 15 is 0 Å². The molecule has 0 saturated carbocycles. The molecule has 0 spiro atoms. The molecule has 2 rings (SSSR count). The molecule has 0 atom stereocenters. The summed E-state index contributed by atoms with van der Waals surface area (Å²) in [5.74, 6) is 0.336. The molecule has 88 valence electrons. The molecule has 2 aromatic rings. The van der Waals surface area contributed by atoms with Crippen LogP contribution in [0.25, 0.3) is 6.08 Å². The highest BCUT2D eigenvalue weighted by atomic mass is 35.5. The van der Waals surface area contributed by atoms with Crippen LogP contribution in [0.1, 0.15) is 11.1 Å². The highest BCUT2D eigenvalue weighted by molar-refractivity contribution is 6.31. The number of rotatable bonds is 4. The molecular formula is C12H11ClN2O2. The second-order valence-electron chi connectivity index (χ2n) is 3.37. The molecule has 17 heavy (non-hydrogen) atoms. The smallest absolute Gasteiger partial charge is 0.236 e. The van der Waals surface area contributed by atoms with Gasteiger partial charge in [-0.2, -0.15) is 0 Å². The summed E-state index contributed by atoms with van der Waals surface area (Å²) in [4.78, 5) is 0.691. The average molecular weight is 251 g/mol. The number of ether oxygens (including phenoxy) is 1. The Kier molecular flexibility index (Phi) is 3.35. The Hall–Kier alpha value is -1.94. The third-order valence-corrected chi connectivity index (χ3v) is 2.64. The zero-order valence-electron chi connectivity index (χ0n) is 9.01. The lowest BCUT2D eigenvalue weighted by Gasteiger charge is -2.08. The number of benzene rings is 1. The lowest BCUT2D eigenvalue weighted by atomic mass is 10.1. The van der Waals surface area contributed by atoms with Gasteiger partial charge in [0.05, 0.1) is 6.20 Å². The molecular weight excluding hydrogens is 240 g/mol. The van der Waals surface area contributed by atoms with Gasteiger partial charge in [0, 0.05) is 16.7 Å². The maximum atomic E-state index is 8.99. The van der Waals surface area contributed by atoms with E-state index in [-0.39, 0.29) is 6.61 Å². The number of halogens is 1. The van der Waals surface area contributed by atoms with Gasteiger partial charge in [0.1, 0.15) is 6.61 Å². The summed E-state index contributed by atoms with van der Waals surface area (Å²) in [6.45, 7) is 3.99. The Labute approximate surface area is 104 Å². The van der Waals surface area contributed by atoms with Crippen molar-refractivity contribution in [1.29, 1.82) is 0 Å². The first kappa shape index (κ1) is 11.5. The summed E-state index contributed by atoms with van der Waals surface area (Å²) in [6.07, 6.45) is 3.10. The molecule has 0 aliphatic heterocycles. The Morgan fingerprint density at radius 3 is 2.94 bits per heavy atom.